The van der Waals surface area contributed by atoms with Gasteiger partial charge in [-0.1, -0.05) is 0 Å². The molecule has 0 aliphatic carbocycles. The highest BCUT2D eigenvalue weighted by molar-refractivity contribution is 14.1. The third-order valence-electron chi connectivity index (χ3n) is 2.73. The van der Waals surface area contributed by atoms with Crippen molar-refractivity contribution in [3.05, 3.63) is 54.4 Å². The molecule has 2 rings (SSSR count). The molecule has 0 saturated carbocycles. The first-order valence-electron chi connectivity index (χ1n) is 6.24. The molecule has 2 aromatic rings. The van der Waals surface area contributed by atoms with Crippen LogP contribution in [0.5, 0.6) is 11.5 Å². The van der Waals surface area contributed by atoms with Crippen molar-refractivity contribution in [2.24, 2.45) is 0 Å². The normalized spacial score (nSPS) is 10.6. The Morgan fingerprint density at radius 3 is 1.86 bits per heavy atom. The summed E-state index contributed by atoms with van der Waals surface area (Å²) in [7, 11) is 0. The largest absolute Gasteiger partial charge is 0.489 e. The lowest BCUT2D eigenvalue weighted by molar-refractivity contribution is 0.208. The molecule has 2 nitrogen and oxygen atoms in total. The van der Waals surface area contributed by atoms with Crippen molar-refractivity contribution in [2.75, 3.05) is 13.2 Å². The van der Waals surface area contributed by atoms with Gasteiger partial charge in [0.15, 0.2) is 11.6 Å². The standard InChI is InChI=1S/C15H11F3I2O2/c1-8-4-9(16)6-12(19)14(8)21-2-3-22-15-11(18)5-10(17)7-13(15)20/h4-7H,2-3H2,1H3. The van der Waals surface area contributed by atoms with E-state index in [2.05, 4.69) is 0 Å². The monoisotopic (exact) mass is 534 g/mol. The Bertz CT molecular complexity index is 587. The van der Waals surface area contributed by atoms with E-state index in [1.807, 2.05) is 22.6 Å². The van der Waals surface area contributed by atoms with Gasteiger partial charge in [-0.2, -0.15) is 0 Å². The number of ether oxygens (including phenoxy) is 2. The van der Waals surface area contributed by atoms with Crippen LogP contribution in [0.4, 0.5) is 13.2 Å². The first-order valence-corrected chi connectivity index (χ1v) is 8.40. The highest BCUT2D eigenvalue weighted by Gasteiger charge is 2.12. The molecule has 0 unspecified atom stereocenters. The van der Waals surface area contributed by atoms with Gasteiger partial charge in [0.2, 0.25) is 0 Å². The van der Waals surface area contributed by atoms with E-state index < -0.39 is 11.6 Å². The van der Waals surface area contributed by atoms with Crippen molar-refractivity contribution in [1.82, 2.24) is 0 Å². The summed E-state index contributed by atoms with van der Waals surface area (Å²) >= 11 is 3.78. The van der Waals surface area contributed by atoms with Crippen LogP contribution < -0.4 is 9.47 Å². The van der Waals surface area contributed by atoms with Gasteiger partial charge in [0.1, 0.15) is 30.6 Å². The molecule has 0 fully saturated rings. The van der Waals surface area contributed by atoms with Gasteiger partial charge in [-0.3, -0.25) is 0 Å². The molecule has 0 N–H and O–H groups in total. The van der Waals surface area contributed by atoms with Crippen LogP contribution in [0, 0.1) is 31.5 Å². The van der Waals surface area contributed by atoms with Crippen molar-refractivity contribution in [3.63, 3.8) is 0 Å². The number of hydrogen-bond donors (Lipinski definition) is 0. The minimum atomic E-state index is -0.753. The molecule has 0 amide bonds. The second kappa shape index (κ2) is 7.71. The zero-order chi connectivity index (χ0) is 16.3. The Morgan fingerprint density at radius 1 is 0.818 bits per heavy atom. The van der Waals surface area contributed by atoms with Gasteiger partial charge in [-0.05, 0) is 75.9 Å². The smallest absolute Gasteiger partial charge is 0.169 e. The molecular formula is C15H11F3I2O2. The zero-order valence-electron chi connectivity index (χ0n) is 11.4. The molecule has 0 bridgehead atoms. The van der Waals surface area contributed by atoms with Crippen molar-refractivity contribution in [3.8, 4) is 11.5 Å². The number of halogens is 5. The summed E-state index contributed by atoms with van der Waals surface area (Å²) in [6.07, 6.45) is 0. The molecule has 22 heavy (non-hydrogen) atoms. The summed E-state index contributed by atoms with van der Waals surface area (Å²) in [5, 5.41) is 0. The van der Waals surface area contributed by atoms with Crippen LogP contribution in [-0.2, 0) is 0 Å². The van der Waals surface area contributed by atoms with E-state index in [4.69, 9.17) is 9.47 Å². The quantitative estimate of drug-likeness (QED) is 0.394. The van der Waals surface area contributed by atoms with Crippen molar-refractivity contribution in [1.29, 1.82) is 0 Å². The van der Waals surface area contributed by atoms with Crippen molar-refractivity contribution >= 4 is 45.2 Å². The van der Waals surface area contributed by atoms with Gasteiger partial charge in [0.25, 0.3) is 0 Å². The average Bonchev–Trinajstić information content (AvgIpc) is 2.38. The number of hydrogen-bond acceptors (Lipinski definition) is 2. The lowest BCUT2D eigenvalue weighted by Crippen LogP contribution is -2.12. The summed E-state index contributed by atoms with van der Waals surface area (Å²) in [6.45, 7) is 1.99. The number of aryl methyl sites for hydroxylation is 1. The molecule has 2 aromatic carbocycles. The maximum atomic E-state index is 13.6. The molecule has 0 atom stereocenters. The van der Waals surface area contributed by atoms with Crippen LogP contribution in [0.15, 0.2) is 24.3 Å². The van der Waals surface area contributed by atoms with Crippen molar-refractivity contribution < 1.29 is 22.6 Å². The van der Waals surface area contributed by atoms with Crippen LogP contribution >= 0.6 is 45.2 Å². The fraction of sp³-hybridized carbons (Fsp3) is 0.200. The van der Waals surface area contributed by atoms with Crippen molar-refractivity contribution in [2.45, 2.75) is 6.92 Å². The van der Waals surface area contributed by atoms with Gasteiger partial charge in [-0.25, -0.2) is 13.2 Å². The van der Waals surface area contributed by atoms with Crippen LogP contribution in [0.3, 0.4) is 0 Å². The molecule has 0 heterocycles. The summed E-state index contributed by atoms with van der Waals surface area (Å²) in [6, 6.07) is 4.70. The number of rotatable bonds is 5. The third kappa shape index (κ3) is 4.40. The highest BCUT2D eigenvalue weighted by atomic mass is 127. The molecule has 0 spiro atoms. The molecule has 0 aliphatic heterocycles. The van der Waals surface area contributed by atoms with E-state index >= 15 is 0 Å². The van der Waals surface area contributed by atoms with Gasteiger partial charge in [0.05, 0.1) is 7.14 Å². The first-order chi connectivity index (χ1) is 10.4. The Labute approximate surface area is 153 Å². The van der Waals surface area contributed by atoms with E-state index in [0.717, 1.165) is 6.07 Å². The predicted octanol–water partition coefficient (Wildman–Crippen LogP) is 5.08. The third-order valence-corrected chi connectivity index (χ3v) is 4.34. The maximum absolute atomic E-state index is 13.6. The maximum Gasteiger partial charge on any atom is 0.169 e. The first kappa shape index (κ1) is 17.6. The second-order valence-electron chi connectivity index (χ2n) is 4.43. The van der Waals surface area contributed by atoms with E-state index in [1.54, 1.807) is 29.5 Å². The summed E-state index contributed by atoms with van der Waals surface area (Å²) in [4.78, 5) is 0. The van der Waals surface area contributed by atoms with Gasteiger partial charge < -0.3 is 9.47 Å². The summed E-state index contributed by atoms with van der Waals surface area (Å²) in [5.74, 6) is -1.16. The molecule has 0 aromatic heterocycles. The minimum absolute atomic E-state index is 0.00359. The Kier molecular flexibility index (Phi) is 6.18. The van der Waals surface area contributed by atoms with Crippen LogP contribution in [0.25, 0.3) is 0 Å². The Balaban J connectivity index is 1.96. The molecule has 7 heteroatoms. The average molecular weight is 534 g/mol. The van der Waals surface area contributed by atoms with Crippen LogP contribution in [0.2, 0.25) is 0 Å². The second-order valence-corrected chi connectivity index (χ2v) is 6.75. The highest BCUT2D eigenvalue weighted by Crippen LogP contribution is 2.27. The lowest BCUT2D eigenvalue weighted by atomic mass is 10.2. The fourth-order valence-corrected chi connectivity index (χ4v) is 3.42. The molecule has 0 radical (unpaired) electrons. The van der Waals surface area contributed by atoms with Gasteiger partial charge in [0, 0.05) is 6.07 Å². The van der Waals surface area contributed by atoms with E-state index in [0.29, 0.717) is 18.5 Å². The predicted molar refractivity (Wildman–Crippen MR) is 93.9 cm³/mol. The number of benzene rings is 2. The summed E-state index contributed by atoms with van der Waals surface area (Å²) < 4.78 is 51.6. The van der Waals surface area contributed by atoms with E-state index in [-0.39, 0.29) is 24.8 Å². The lowest BCUT2D eigenvalue weighted by Gasteiger charge is -2.13. The van der Waals surface area contributed by atoms with Crippen LogP contribution in [0.1, 0.15) is 5.56 Å². The Hall–Kier alpha value is -0.710. The minimum Gasteiger partial charge on any atom is -0.489 e. The zero-order valence-corrected chi connectivity index (χ0v) is 15.7. The molecule has 0 saturated heterocycles. The van der Waals surface area contributed by atoms with Gasteiger partial charge >= 0.3 is 0 Å². The summed E-state index contributed by atoms with van der Waals surface area (Å²) in [5.41, 5.74) is 0.673. The SMILES string of the molecule is Cc1cc(F)cc(I)c1OCCOc1c(F)cc(F)cc1I. The Morgan fingerprint density at radius 2 is 1.32 bits per heavy atom. The topological polar surface area (TPSA) is 18.5 Å². The van der Waals surface area contributed by atoms with Crippen LogP contribution in [-0.4, -0.2) is 13.2 Å². The molecule has 118 valence electrons. The van der Waals surface area contributed by atoms with E-state index in [9.17, 15) is 13.2 Å². The van der Waals surface area contributed by atoms with E-state index in [1.165, 1.54) is 18.2 Å². The molecule has 0 aliphatic rings. The fourth-order valence-electron chi connectivity index (χ4n) is 1.83. The van der Waals surface area contributed by atoms with Gasteiger partial charge in [-0.15, -0.1) is 0 Å². The molecular weight excluding hydrogens is 523 g/mol.